The minimum atomic E-state index is -1.20. The van der Waals surface area contributed by atoms with Crippen LogP contribution >= 0.6 is 0 Å². The van der Waals surface area contributed by atoms with Crippen LogP contribution in [-0.4, -0.2) is 29.4 Å². The molecule has 0 N–H and O–H groups in total. The van der Waals surface area contributed by atoms with Gasteiger partial charge in [0.1, 0.15) is 5.82 Å². The summed E-state index contributed by atoms with van der Waals surface area (Å²) < 4.78 is 12.8. The van der Waals surface area contributed by atoms with Gasteiger partial charge in [0.05, 0.1) is 12.0 Å². The highest BCUT2D eigenvalue weighted by Gasteiger charge is 2.54. The molecule has 1 heterocycles. The van der Waals surface area contributed by atoms with Gasteiger partial charge in [-0.3, -0.25) is 4.79 Å². The molecule has 2 fully saturated rings. The molecule has 1 amide bonds. The van der Waals surface area contributed by atoms with Gasteiger partial charge in [-0.05, 0) is 42.5 Å². The van der Waals surface area contributed by atoms with Crippen LogP contribution in [0.5, 0.6) is 0 Å². The first kappa shape index (κ1) is 11.2. The molecular formula is C13H11FNO3-. The van der Waals surface area contributed by atoms with E-state index in [0.29, 0.717) is 12.1 Å². The molecule has 1 aromatic rings. The summed E-state index contributed by atoms with van der Waals surface area (Å²) in [6.07, 6.45) is 0.853. The molecule has 5 heteroatoms. The van der Waals surface area contributed by atoms with Gasteiger partial charge in [0.2, 0.25) is 0 Å². The number of rotatable bonds is 2. The van der Waals surface area contributed by atoms with Gasteiger partial charge in [0.25, 0.3) is 5.91 Å². The molecule has 1 aliphatic heterocycles. The predicted octanol–water partition coefficient (Wildman–Crippen LogP) is 0.0361. The summed E-state index contributed by atoms with van der Waals surface area (Å²) in [6, 6.07) is 4.30. The molecule has 4 nitrogen and oxygen atoms in total. The Labute approximate surface area is 103 Å². The zero-order valence-corrected chi connectivity index (χ0v) is 9.51. The smallest absolute Gasteiger partial charge is 0.254 e. The largest absolute Gasteiger partial charge is 0.548 e. The summed E-state index contributed by atoms with van der Waals surface area (Å²) in [5, 5.41) is 11.1. The highest BCUT2D eigenvalue weighted by Crippen LogP contribution is 2.49. The highest BCUT2D eigenvalue weighted by atomic mass is 19.1. The maximum atomic E-state index is 12.8. The van der Waals surface area contributed by atoms with Crippen LogP contribution in [0.2, 0.25) is 0 Å². The van der Waals surface area contributed by atoms with Crippen LogP contribution in [0, 0.1) is 17.7 Å². The second-order valence-electron chi connectivity index (χ2n) is 4.89. The van der Waals surface area contributed by atoms with Crippen molar-refractivity contribution in [2.24, 2.45) is 11.8 Å². The van der Waals surface area contributed by atoms with Gasteiger partial charge < -0.3 is 14.8 Å². The SMILES string of the molecule is O=C([O-])[C@H]1[C@H]2C[C@H]2CN1C(=O)c1ccc(F)cc1. The fraction of sp³-hybridized carbons (Fsp3) is 0.385. The summed E-state index contributed by atoms with van der Waals surface area (Å²) in [6.45, 7) is 0.458. The number of hydrogen-bond donors (Lipinski definition) is 0. The second-order valence-corrected chi connectivity index (χ2v) is 4.89. The molecule has 94 valence electrons. The number of carbonyl (C=O) groups is 2. The van der Waals surface area contributed by atoms with Crippen molar-refractivity contribution in [2.75, 3.05) is 6.54 Å². The summed E-state index contributed by atoms with van der Waals surface area (Å²) in [7, 11) is 0. The van der Waals surface area contributed by atoms with Crippen molar-refractivity contribution in [1.82, 2.24) is 4.90 Å². The molecule has 18 heavy (non-hydrogen) atoms. The number of aliphatic carboxylic acids is 1. The first-order valence-corrected chi connectivity index (χ1v) is 5.85. The van der Waals surface area contributed by atoms with Crippen LogP contribution < -0.4 is 5.11 Å². The predicted molar refractivity (Wildman–Crippen MR) is 57.8 cm³/mol. The molecule has 0 spiro atoms. The van der Waals surface area contributed by atoms with Crippen molar-refractivity contribution in [2.45, 2.75) is 12.5 Å². The summed E-state index contributed by atoms with van der Waals surface area (Å²) in [4.78, 5) is 24.6. The van der Waals surface area contributed by atoms with Crippen LogP contribution in [0.25, 0.3) is 0 Å². The van der Waals surface area contributed by atoms with Crippen molar-refractivity contribution in [3.63, 3.8) is 0 Å². The van der Waals surface area contributed by atoms with E-state index >= 15 is 0 Å². The third-order valence-corrected chi connectivity index (χ3v) is 3.74. The fourth-order valence-electron chi connectivity index (χ4n) is 2.73. The van der Waals surface area contributed by atoms with Gasteiger partial charge in [-0.2, -0.15) is 0 Å². The topological polar surface area (TPSA) is 60.4 Å². The number of halogens is 1. The molecule has 0 aromatic heterocycles. The monoisotopic (exact) mass is 248 g/mol. The maximum Gasteiger partial charge on any atom is 0.254 e. The zero-order valence-electron chi connectivity index (χ0n) is 9.51. The van der Waals surface area contributed by atoms with Crippen molar-refractivity contribution in [1.29, 1.82) is 0 Å². The standard InChI is InChI=1S/C13H12FNO3/c14-9-3-1-7(2-4-9)12(16)15-6-8-5-10(8)11(15)13(17)18/h1-4,8,10-11H,5-6H2,(H,17,18)/p-1/t8-,10-,11+/m0/s1. The molecule has 0 unspecified atom stereocenters. The summed E-state index contributed by atoms with van der Waals surface area (Å²) in [5.74, 6) is -1.66. The van der Waals surface area contributed by atoms with Gasteiger partial charge in [-0.15, -0.1) is 0 Å². The zero-order chi connectivity index (χ0) is 12.9. The Bertz CT molecular complexity index is 513. The number of benzene rings is 1. The molecule has 1 aromatic carbocycles. The average molecular weight is 248 g/mol. The van der Waals surface area contributed by atoms with E-state index in [0.717, 1.165) is 6.42 Å². The number of carbonyl (C=O) groups excluding carboxylic acids is 2. The molecule has 1 aliphatic carbocycles. The van der Waals surface area contributed by atoms with Gasteiger partial charge in [0, 0.05) is 12.1 Å². The molecule has 1 saturated carbocycles. The second kappa shape index (κ2) is 3.80. The third kappa shape index (κ3) is 1.66. The van der Waals surface area contributed by atoms with Crippen molar-refractivity contribution in [3.05, 3.63) is 35.6 Å². The van der Waals surface area contributed by atoms with Crippen LogP contribution in [0.3, 0.4) is 0 Å². The average Bonchev–Trinajstić information content (AvgIpc) is 2.99. The lowest BCUT2D eigenvalue weighted by Gasteiger charge is -2.28. The van der Waals surface area contributed by atoms with Crippen molar-refractivity contribution in [3.8, 4) is 0 Å². The molecule has 0 bridgehead atoms. The lowest BCUT2D eigenvalue weighted by atomic mass is 10.1. The number of piperidine rings is 1. The first-order chi connectivity index (χ1) is 8.58. The number of likely N-dealkylation sites (tertiary alicyclic amines) is 1. The molecule has 3 atom stereocenters. The van der Waals surface area contributed by atoms with E-state index in [2.05, 4.69) is 0 Å². The molecule has 0 radical (unpaired) electrons. The van der Waals surface area contributed by atoms with E-state index in [1.807, 2.05) is 0 Å². The number of hydrogen-bond acceptors (Lipinski definition) is 3. The first-order valence-electron chi connectivity index (χ1n) is 5.85. The van der Waals surface area contributed by atoms with E-state index in [1.165, 1.54) is 29.2 Å². The Morgan fingerprint density at radius 1 is 1.28 bits per heavy atom. The number of carboxylic acid groups (broad SMARTS) is 1. The van der Waals surface area contributed by atoms with Crippen molar-refractivity contribution >= 4 is 11.9 Å². The van der Waals surface area contributed by atoms with E-state index < -0.39 is 17.8 Å². The Kier molecular flexibility index (Phi) is 2.36. The molecule has 2 aliphatic rings. The number of amides is 1. The van der Waals surface area contributed by atoms with Gasteiger partial charge >= 0.3 is 0 Å². The van der Waals surface area contributed by atoms with Gasteiger partial charge in [-0.1, -0.05) is 0 Å². The summed E-state index contributed by atoms with van der Waals surface area (Å²) >= 11 is 0. The normalized spacial score (nSPS) is 28.9. The number of nitrogens with zero attached hydrogens (tertiary/aromatic N) is 1. The molecule has 3 rings (SSSR count). The quantitative estimate of drug-likeness (QED) is 0.742. The van der Waals surface area contributed by atoms with E-state index in [9.17, 15) is 19.1 Å². The van der Waals surface area contributed by atoms with Gasteiger partial charge in [0.15, 0.2) is 0 Å². The van der Waals surface area contributed by atoms with Crippen LogP contribution in [0.4, 0.5) is 4.39 Å². The number of carboxylic acids is 1. The lowest BCUT2D eigenvalue weighted by Crippen LogP contribution is -2.49. The Morgan fingerprint density at radius 3 is 2.56 bits per heavy atom. The Balaban J connectivity index is 1.84. The van der Waals surface area contributed by atoms with Gasteiger partial charge in [-0.25, -0.2) is 4.39 Å². The number of fused-ring (bicyclic) bond motifs is 1. The van der Waals surface area contributed by atoms with Crippen molar-refractivity contribution < 1.29 is 19.1 Å². The lowest BCUT2D eigenvalue weighted by molar-refractivity contribution is -0.310. The third-order valence-electron chi connectivity index (χ3n) is 3.74. The van der Waals surface area contributed by atoms with Crippen LogP contribution in [0.1, 0.15) is 16.8 Å². The molecule has 1 saturated heterocycles. The Morgan fingerprint density at radius 2 is 1.94 bits per heavy atom. The fourth-order valence-corrected chi connectivity index (χ4v) is 2.73. The molecular weight excluding hydrogens is 237 g/mol. The van der Waals surface area contributed by atoms with Crippen LogP contribution in [0.15, 0.2) is 24.3 Å². The minimum Gasteiger partial charge on any atom is -0.548 e. The maximum absolute atomic E-state index is 12.8. The van der Waals surface area contributed by atoms with E-state index in [4.69, 9.17) is 0 Å². The minimum absolute atomic E-state index is 0.0411. The van der Waals surface area contributed by atoms with E-state index in [-0.39, 0.29) is 17.7 Å². The highest BCUT2D eigenvalue weighted by molar-refractivity contribution is 5.97. The van der Waals surface area contributed by atoms with E-state index in [1.54, 1.807) is 0 Å². The van der Waals surface area contributed by atoms with Crippen LogP contribution in [-0.2, 0) is 4.79 Å². The Hall–Kier alpha value is -1.91. The summed E-state index contributed by atoms with van der Waals surface area (Å²) in [5.41, 5.74) is 0.309.